The number of hydrogen-bond acceptors (Lipinski definition) is 1. The van der Waals surface area contributed by atoms with E-state index in [1.54, 1.807) is 4.57 Å². The second kappa shape index (κ2) is 5.68. The molecule has 0 atom stereocenters. The number of fused-ring (bicyclic) bond motifs is 3. The van der Waals surface area contributed by atoms with Crippen LogP contribution in [0.2, 0.25) is 0 Å². The third-order valence-corrected chi connectivity index (χ3v) is 4.81. The molecular formula is C19H11Al2NO. The Morgan fingerprint density at radius 3 is 2.09 bits per heavy atom. The van der Waals surface area contributed by atoms with Crippen LogP contribution in [0.4, 0.5) is 0 Å². The van der Waals surface area contributed by atoms with E-state index in [-0.39, 0.29) is 5.56 Å². The molecule has 0 aliphatic rings. The lowest BCUT2D eigenvalue weighted by Gasteiger charge is -2.14. The molecule has 2 nitrogen and oxygen atoms in total. The molecule has 104 valence electrons. The summed E-state index contributed by atoms with van der Waals surface area (Å²) in [6.45, 7) is 0. The number of pyridine rings is 1. The lowest BCUT2D eigenvalue weighted by atomic mass is 10.1. The average molecular weight is 323 g/mol. The first-order chi connectivity index (χ1) is 11.1. The van der Waals surface area contributed by atoms with Gasteiger partial charge in [-0.05, 0) is 29.7 Å². The first kappa shape index (κ1) is 14.8. The predicted molar refractivity (Wildman–Crippen MR) is 97.8 cm³/mol. The minimum atomic E-state index is 0.0149. The van der Waals surface area contributed by atoms with Crippen molar-refractivity contribution < 1.29 is 0 Å². The number of benzene rings is 3. The van der Waals surface area contributed by atoms with E-state index in [4.69, 9.17) is 0 Å². The maximum Gasteiger partial charge on any atom is 0.263 e. The van der Waals surface area contributed by atoms with Gasteiger partial charge in [-0.15, -0.1) is 8.85 Å². The molecule has 0 aliphatic carbocycles. The summed E-state index contributed by atoms with van der Waals surface area (Å²) in [6, 6.07) is 21.9. The summed E-state index contributed by atoms with van der Waals surface area (Å²) >= 11 is 5.39. The highest BCUT2D eigenvalue weighted by atomic mass is 27.1. The zero-order valence-corrected chi connectivity index (χ0v) is 14.7. The second-order valence-corrected chi connectivity index (χ2v) is 6.89. The maximum atomic E-state index is 13.1. The third-order valence-electron chi connectivity index (χ3n) is 4.06. The van der Waals surface area contributed by atoms with E-state index in [1.807, 2.05) is 60.7 Å². The molecule has 0 aliphatic heterocycles. The van der Waals surface area contributed by atoms with Gasteiger partial charge in [0, 0.05) is 16.5 Å². The Bertz CT molecular complexity index is 1100. The molecule has 0 amide bonds. The lowest BCUT2D eigenvalue weighted by Crippen LogP contribution is -2.20. The van der Waals surface area contributed by atoms with Gasteiger partial charge in [-0.25, -0.2) is 0 Å². The molecule has 23 heavy (non-hydrogen) atoms. The van der Waals surface area contributed by atoms with Crippen LogP contribution in [-0.2, 0) is 0 Å². The molecule has 0 fully saturated rings. The van der Waals surface area contributed by atoms with Crippen molar-refractivity contribution in [2.45, 2.75) is 0 Å². The maximum absolute atomic E-state index is 13.1. The van der Waals surface area contributed by atoms with Gasteiger partial charge in [-0.3, -0.25) is 9.36 Å². The summed E-state index contributed by atoms with van der Waals surface area (Å²) in [6.07, 6.45) is 0. The van der Waals surface area contributed by atoms with Gasteiger partial charge in [-0.1, -0.05) is 42.5 Å². The van der Waals surface area contributed by atoms with Crippen molar-refractivity contribution in [2.24, 2.45) is 0 Å². The van der Waals surface area contributed by atoms with Gasteiger partial charge in [-0.2, -0.15) is 0 Å². The highest BCUT2D eigenvalue weighted by Crippen LogP contribution is 2.23. The molecule has 0 saturated heterocycles. The van der Waals surface area contributed by atoms with Crippen molar-refractivity contribution in [3.63, 3.8) is 0 Å². The highest BCUT2D eigenvalue weighted by molar-refractivity contribution is 6.33. The Hall–Kier alpha value is -1.81. The molecule has 0 N–H and O–H groups in total. The molecule has 4 rings (SSSR count). The van der Waals surface area contributed by atoms with E-state index < -0.39 is 0 Å². The van der Waals surface area contributed by atoms with Crippen LogP contribution in [0.3, 0.4) is 0 Å². The van der Waals surface area contributed by atoms with Gasteiger partial charge in [0.05, 0.1) is 5.52 Å². The van der Waals surface area contributed by atoms with Gasteiger partial charge in [0.15, 0.2) is 32.6 Å². The molecule has 1 heterocycles. The largest absolute Gasteiger partial charge is 0.276 e. The Kier molecular flexibility index (Phi) is 3.65. The van der Waals surface area contributed by atoms with Crippen molar-refractivity contribution in [3.8, 4) is 5.69 Å². The van der Waals surface area contributed by atoms with Crippen LogP contribution < -0.4 is 14.4 Å². The summed E-state index contributed by atoms with van der Waals surface area (Å²) in [4.78, 5) is 13.1. The van der Waals surface area contributed by atoms with E-state index in [9.17, 15) is 4.79 Å². The minimum absolute atomic E-state index is 0.0149. The Morgan fingerprint density at radius 1 is 0.696 bits per heavy atom. The van der Waals surface area contributed by atoms with Crippen LogP contribution in [0.1, 0.15) is 0 Å². The number of hydrogen-bond donors (Lipinski definition) is 0. The van der Waals surface area contributed by atoms with Crippen LogP contribution in [0.15, 0.2) is 71.5 Å². The fourth-order valence-electron chi connectivity index (χ4n) is 2.98. The molecule has 4 heteroatoms. The average Bonchev–Trinajstić information content (AvgIpc) is 2.57. The van der Waals surface area contributed by atoms with Gasteiger partial charge < -0.3 is 0 Å². The van der Waals surface area contributed by atoms with Crippen LogP contribution in [0, 0.1) is 0 Å². The Labute approximate surface area is 150 Å². The summed E-state index contributed by atoms with van der Waals surface area (Å²) in [7, 11) is 0. The van der Waals surface area contributed by atoms with Gasteiger partial charge >= 0.3 is 0 Å². The highest BCUT2D eigenvalue weighted by Gasteiger charge is 2.11. The lowest BCUT2D eigenvalue weighted by molar-refractivity contribution is 1.06. The fourth-order valence-corrected chi connectivity index (χ4v) is 3.43. The summed E-state index contributed by atoms with van der Waals surface area (Å²) in [5.74, 6) is 0. The molecule has 0 saturated carbocycles. The topological polar surface area (TPSA) is 22.0 Å². The standard InChI is InChI=1S/C19H11NO.2Al/c21-19-17-12-5-4-10-15(17)16-11-6-7-13-18(16)20(19)14-8-2-1-3-9-14;;/h2-5,7-13H;;. The number of rotatable bonds is 1. The molecule has 4 aromatic rings. The third kappa shape index (κ3) is 2.45. The summed E-state index contributed by atoms with van der Waals surface area (Å²) < 4.78 is 4.00. The van der Waals surface area contributed by atoms with Crippen molar-refractivity contribution in [2.75, 3.05) is 0 Å². The minimum Gasteiger partial charge on any atom is -0.276 e. The molecule has 0 bridgehead atoms. The molecule has 1 aromatic heterocycles. The molecule has 3 aromatic carbocycles. The zero-order valence-electron chi connectivity index (χ0n) is 12.4. The van der Waals surface area contributed by atoms with Crippen LogP contribution >= 0.6 is 0 Å². The molecular weight excluding hydrogens is 312 g/mol. The predicted octanol–water partition coefficient (Wildman–Crippen LogP) is 1.73. The zero-order chi connectivity index (χ0) is 16.0. The normalized spacial score (nSPS) is 11.1. The fraction of sp³-hybridized carbons (Fsp3) is 0. The molecule has 0 unspecified atom stereocenters. The monoisotopic (exact) mass is 323 g/mol. The van der Waals surface area contributed by atoms with Crippen molar-refractivity contribution >= 4 is 63.1 Å². The number of nitrogens with zero attached hydrogens (tertiary/aromatic N) is 1. The first-order valence-electron chi connectivity index (χ1n) is 7.34. The first-order valence-corrected chi connectivity index (χ1v) is 8.49. The van der Waals surface area contributed by atoms with Crippen molar-refractivity contribution in [1.82, 2.24) is 4.57 Å². The second-order valence-electron chi connectivity index (χ2n) is 5.55. The molecule has 4 radical (unpaired) electrons. The van der Waals surface area contributed by atoms with E-state index >= 15 is 0 Å². The SMILES string of the molecule is O=c1c2ccccc2c2c[c]([Al])ccc2n1-c1cc[c]([Al])cc1. The van der Waals surface area contributed by atoms with E-state index in [1.165, 1.54) is 0 Å². The number of aromatic nitrogens is 1. The van der Waals surface area contributed by atoms with E-state index in [0.717, 1.165) is 36.2 Å². The molecule has 0 spiro atoms. The van der Waals surface area contributed by atoms with Crippen molar-refractivity contribution in [1.29, 1.82) is 0 Å². The smallest absolute Gasteiger partial charge is 0.263 e. The van der Waals surface area contributed by atoms with Crippen LogP contribution in [-0.4, -0.2) is 37.1 Å². The van der Waals surface area contributed by atoms with Gasteiger partial charge in [0.25, 0.3) is 5.56 Å². The van der Waals surface area contributed by atoms with E-state index in [2.05, 4.69) is 38.6 Å². The van der Waals surface area contributed by atoms with Gasteiger partial charge in [0.1, 0.15) is 0 Å². The van der Waals surface area contributed by atoms with Crippen LogP contribution in [0.5, 0.6) is 0 Å². The van der Waals surface area contributed by atoms with Crippen LogP contribution in [0.25, 0.3) is 27.4 Å². The Morgan fingerprint density at radius 2 is 1.35 bits per heavy atom. The van der Waals surface area contributed by atoms with E-state index in [0.29, 0.717) is 0 Å². The Balaban J connectivity index is 2.23. The summed E-state index contributed by atoms with van der Waals surface area (Å²) in [5, 5.41) is 2.82. The van der Waals surface area contributed by atoms with Gasteiger partial charge in [0.2, 0.25) is 0 Å². The van der Waals surface area contributed by atoms with Crippen molar-refractivity contribution in [3.05, 3.63) is 77.1 Å². The summed E-state index contributed by atoms with van der Waals surface area (Å²) in [5.41, 5.74) is 1.82. The quantitative estimate of drug-likeness (QED) is 0.386.